The molecule has 2 aliphatic rings. The fraction of sp³-hybridized carbons (Fsp3) is 0.917. The third-order valence-corrected chi connectivity index (χ3v) is 3.19. The Labute approximate surface area is 96.9 Å². The van der Waals surface area contributed by atoms with E-state index in [1.54, 1.807) is 0 Å². The lowest BCUT2D eigenvalue weighted by atomic mass is 9.92. The van der Waals surface area contributed by atoms with Crippen LogP contribution in [-0.2, 0) is 9.47 Å². The van der Waals surface area contributed by atoms with E-state index in [2.05, 4.69) is 6.92 Å². The monoisotopic (exact) mass is 227 g/mol. The van der Waals surface area contributed by atoms with Crippen molar-refractivity contribution < 1.29 is 14.3 Å². The van der Waals surface area contributed by atoms with Crippen LogP contribution in [0, 0.1) is 0 Å². The number of rotatable bonds is 0. The third-order valence-electron chi connectivity index (χ3n) is 3.19. The lowest BCUT2D eigenvalue weighted by Crippen LogP contribution is -2.49. The number of carbonyl (C=O) groups excluding carboxylic acids is 1. The van der Waals surface area contributed by atoms with E-state index in [4.69, 9.17) is 9.47 Å². The number of hydrogen-bond donors (Lipinski definition) is 0. The molecule has 2 fully saturated rings. The Balaban J connectivity index is 1.92. The normalized spacial score (nSPS) is 34.0. The highest BCUT2D eigenvalue weighted by molar-refractivity contribution is 5.68. The van der Waals surface area contributed by atoms with Gasteiger partial charge in [-0.2, -0.15) is 0 Å². The molecule has 2 atom stereocenters. The molecule has 1 amide bonds. The van der Waals surface area contributed by atoms with Crippen LogP contribution < -0.4 is 0 Å². The van der Waals surface area contributed by atoms with Crippen LogP contribution >= 0.6 is 0 Å². The number of amides is 1. The number of ether oxygens (including phenoxy) is 2. The second kappa shape index (κ2) is 3.62. The lowest BCUT2D eigenvalue weighted by Gasteiger charge is -2.37. The van der Waals surface area contributed by atoms with Gasteiger partial charge >= 0.3 is 6.09 Å². The Morgan fingerprint density at radius 3 is 2.56 bits per heavy atom. The van der Waals surface area contributed by atoms with E-state index in [0.29, 0.717) is 0 Å². The number of nitrogens with zero attached hydrogens (tertiary/aromatic N) is 1. The summed E-state index contributed by atoms with van der Waals surface area (Å²) < 4.78 is 10.8. The zero-order valence-corrected chi connectivity index (χ0v) is 10.6. The zero-order chi connectivity index (χ0) is 12.0. The molecule has 2 heterocycles. The van der Waals surface area contributed by atoms with Gasteiger partial charge in [-0.3, -0.25) is 0 Å². The van der Waals surface area contributed by atoms with E-state index < -0.39 is 5.60 Å². The molecule has 1 spiro atoms. The van der Waals surface area contributed by atoms with Gasteiger partial charge in [-0.15, -0.1) is 0 Å². The molecule has 0 bridgehead atoms. The predicted octanol–water partition coefficient (Wildman–Crippen LogP) is 2.17. The van der Waals surface area contributed by atoms with E-state index in [9.17, 15) is 4.79 Å². The van der Waals surface area contributed by atoms with Crippen molar-refractivity contribution >= 4 is 6.09 Å². The number of piperidine rings is 1. The first kappa shape index (κ1) is 11.7. The molecule has 4 nitrogen and oxygen atoms in total. The van der Waals surface area contributed by atoms with E-state index in [0.717, 1.165) is 26.0 Å². The molecule has 0 radical (unpaired) electrons. The first-order chi connectivity index (χ1) is 7.31. The molecule has 0 aromatic heterocycles. The van der Waals surface area contributed by atoms with Gasteiger partial charge in [0.25, 0.3) is 0 Å². The topological polar surface area (TPSA) is 42.1 Å². The first-order valence-electron chi connectivity index (χ1n) is 5.95. The summed E-state index contributed by atoms with van der Waals surface area (Å²) in [7, 11) is 0. The van der Waals surface area contributed by atoms with Crippen LogP contribution in [0.1, 0.15) is 40.5 Å². The van der Waals surface area contributed by atoms with Gasteiger partial charge in [-0.05, 0) is 40.5 Å². The molecule has 0 aromatic carbocycles. The highest BCUT2D eigenvalue weighted by atomic mass is 16.6. The van der Waals surface area contributed by atoms with Crippen molar-refractivity contribution in [3.05, 3.63) is 0 Å². The molecule has 2 aliphatic heterocycles. The molecule has 0 unspecified atom stereocenters. The van der Waals surface area contributed by atoms with Crippen LogP contribution in [0.3, 0.4) is 0 Å². The number of carbonyl (C=O) groups is 1. The maximum atomic E-state index is 11.9. The smallest absolute Gasteiger partial charge is 0.410 e. The molecule has 0 aromatic rings. The molecule has 0 aliphatic carbocycles. The minimum atomic E-state index is -0.415. The summed E-state index contributed by atoms with van der Waals surface area (Å²) in [6, 6.07) is 0.214. The Hall–Kier alpha value is -0.770. The van der Waals surface area contributed by atoms with Gasteiger partial charge in [-0.1, -0.05) is 0 Å². The summed E-state index contributed by atoms with van der Waals surface area (Å²) in [4.78, 5) is 13.7. The molecule has 16 heavy (non-hydrogen) atoms. The fourth-order valence-electron chi connectivity index (χ4n) is 2.25. The van der Waals surface area contributed by atoms with Gasteiger partial charge in [0, 0.05) is 12.6 Å². The van der Waals surface area contributed by atoms with Gasteiger partial charge < -0.3 is 14.4 Å². The van der Waals surface area contributed by atoms with Crippen LogP contribution in [0.4, 0.5) is 4.79 Å². The van der Waals surface area contributed by atoms with Crippen molar-refractivity contribution in [2.75, 3.05) is 13.2 Å². The fourth-order valence-corrected chi connectivity index (χ4v) is 2.25. The molecule has 0 saturated carbocycles. The molecule has 0 N–H and O–H groups in total. The minimum Gasteiger partial charge on any atom is -0.444 e. The van der Waals surface area contributed by atoms with Crippen LogP contribution in [-0.4, -0.2) is 41.4 Å². The Morgan fingerprint density at radius 2 is 2.12 bits per heavy atom. The molecule has 92 valence electrons. The molecular weight excluding hydrogens is 206 g/mol. The largest absolute Gasteiger partial charge is 0.444 e. The number of likely N-dealkylation sites (tertiary alicyclic amines) is 1. The summed E-state index contributed by atoms with van der Waals surface area (Å²) in [5, 5.41) is 0. The van der Waals surface area contributed by atoms with Crippen LogP contribution in [0.5, 0.6) is 0 Å². The summed E-state index contributed by atoms with van der Waals surface area (Å²) >= 11 is 0. The highest BCUT2D eigenvalue weighted by Gasteiger charge is 2.50. The van der Waals surface area contributed by atoms with Crippen molar-refractivity contribution in [3.63, 3.8) is 0 Å². The van der Waals surface area contributed by atoms with Crippen molar-refractivity contribution in [1.29, 1.82) is 0 Å². The maximum Gasteiger partial charge on any atom is 0.410 e. The summed E-state index contributed by atoms with van der Waals surface area (Å²) in [5.74, 6) is 0. The number of epoxide rings is 1. The number of hydrogen-bond acceptors (Lipinski definition) is 3. The molecular formula is C12H21NO3. The Bertz CT molecular complexity index is 291. The standard InChI is InChI=1S/C12H21NO3/c1-9-7-12(8-15-12)5-6-13(9)10(14)16-11(2,3)4/h9H,5-8H2,1-4H3/t9-,12-/m1/s1. The van der Waals surface area contributed by atoms with E-state index in [1.807, 2.05) is 25.7 Å². The summed E-state index contributed by atoms with van der Waals surface area (Å²) in [5.41, 5.74) is -0.319. The second-order valence-corrected chi connectivity index (χ2v) is 5.95. The average molecular weight is 227 g/mol. The van der Waals surface area contributed by atoms with Crippen LogP contribution in [0.25, 0.3) is 0 Å². The summed E-state index contributed by atoms with van der Waals surface area (Å²) in [6.45, 7) is 9.35. The average Bonchev–Trinajstić information content (AvgIpc) is 2.81. The summed E-state index contributed by atoms with van der Waals surface area (Å²) in [6.07, 6.45) is 1.68. The van der Waals surface area contributed by atoms with Gasteiger partial charge in [0.2, 0.25) is 0 Å². The van der Waals surface area contributed by atoms with Crippen LogP contribution in [0.15, 0.2) is 0 Å². The molecule has 2 saturated heterocycles. The van der Waals surface area contributed by atoms with Crippen molar-refractivity contribution in [3.8, 4) is 0 Å². The van der Waals surface area contributed by atoms with E-state index >= 15 is 0 Å². The van der Waals surface area contributed by atoms with Crippen molar-refractivity contribution in [2.45, 2.75) is 57.8 Å². The Morgan fingerprint density at radius 1 is 1.50 bits per heavy atom. The predicted molar refractivity (Wildman–Crippen MR) is 60.3 cm³/mol. The zero-order valence-electron chi connectivity index (χ0n) is 10.6. The molecule has 4 heteroatoms. The second-order valence-electron chi connectivity index (χ2n) is 5.95. The van der Waals surface area contributed by atoms with Crippen LogP contribution in [0.2, 0.25) is 0 Å². The van der Waals surface area contributed by atoms with Crippen molar-refractivity contribution in [1.82, 2.24) is 4.90 Å². The third kappa shape index (κ3) is 2.48. The first-order valence-corrected chi connectivity index (χ1v) is 5.95. The SMILES string of the molecule is C[C@@H]1C[C@]2(CCN1C(=O)OC(C)(C)C)CO2. The Kier molecular flexibility index (Phi) is 2.65. The minimum absolute atomic E-state index is 0.0952. The van der Waals surface area contributed by atoms with Gasteiger partial charge in [0.15, 0.2) is 0 Å². The highest BCUT2D eigenvalue weighted by Crippen LogP contribution is 2.40. The lowest BCUT2D eigenvalue weighted by molar-refractivity contribution is 0.00441. The molecule has 2 rings (SSSR count). The maximum absolute atomic E-state index is 11.9. The van der Waals surface area contributed by atoms with Crippen molar-refractivity contribution in [2.24, 2.45) is 0 Å². The van der Waals surface area contributed by atoms with Gasteiger partial charge in [0.05, 0.1) is 12.2 Å². The van der Waals surface area contributed by atoms with E-state index in [1.165, 1.54) is 0 Å². The van der Waals surface area contributed by atoms with Gasteiger partial charge in [0.1, 0.15) is 5.60 Å². The van der Waals surface area contributed by atoms with E-state index in [-0.39, 0.29) is 17.7 Å². The quantitative estimate of drug-likeness (QED) is 0.596. The van der Waals surface area contributed by atoms with Gasteiger partial charge in [-0.25, -0.2) is 4.79 Å².